The van der Waals surface area contributed by atoms with Crippen molar-refractivity contribution in [1.29, 1.82) is 0 Å². The SMILES string of the molecule is CC1CN(C(=O)CN2CCN(c3ccc([N+](=O)[O-])cc3)CC2)CCO1. The standard InChI is InChI=1S/C17H24N4O4/c1-14-12-20(10-11-25-14)17(22)13-18-6-8-19(9-7-18)15-2-4-16(5-3-15)21(23)24/h2-5,14H,6-13H2,1H3. The zero-order valence-electron chi connectivity index (χ0n) is 14.5. The van der Waals surface area contributed by atoms with Crippen LogP contribution in [-0.4, -0.2) is 79.2 Å². The number of nitro groups is 1. The second-order valence-corrected chi connectivity index (χ2v) is 6.56. The quantitative estimate of drug-likeness (QED) is 0.596. The second kappa shape index (κ2) is 7.79. The van der Waals surface area contributed by atoms with E-state index in [1.165, 1.54) is 12.1 Å². The van der Waals surface area contributed by atoms with Gasteiger partial charge in [0, 0.05) is 57.1 Å². The third-order valence-corrected chi connectivity index (χ3v) is 4.75. The number of non-ortho nitro benzene ring substituents is 1. The highest BCUT2D eigenvalue weighted by atomic mass is 16.6. The van der Waals surface area contributed by atoms with Crippen molar-refractivity contribution in [2.24, 2.45) is 0 Å². The molecule has 1 aromatic rings. The first-order valence-electron chi connectivity index (χ1n) is 8.64. The Hall–Kier alpha value is -2.19. The van der Waals surface area contributed by atoms with Crippen LogP contribution in [0.4, 0.5) is 11.4 Å². The molecule has 0 aliphatic carbocycles. The van der Waals surface area contributed by atoms with Gasteiger partial charge < -0.3 is 14.5 Å². The molecule has 0 radical (unpaired) electrons. The Labute approximate surface area is 147 Å². The Morgan fingerprint density at radius 2 is 1.88 bits per heavy atom. The van der Waals surface area contributed by atoms with Gasteiger partial charge in [-0.2, -0.15) is 0 Å². The summed E-state index contributed by atoms with van der Waals surface area (Å²) < 4.78 is 5.48. The van der Waals surface area contributed by atoms with Gasteiger partial charge in [-0.05, 0) is 19.1 Å². The van der Waals surface area contributed by atoms with E-state index in [2.05, 4.69) is 9.80 Å². The summed E-state index contributed by atoms with van der Waals surface area (Å²) in [4.78, 5) is 29.0. The van der Waals surface area contributed by atoms with Gasteiger partial charge in [-0.25, -0.2) is 0 Å². The molecule has 25 heavy (non-hydrogen) atoms. The van der Waals surface area contributed by atoms with Crippen LogP contribution in [0, 0.1) is 10.1 Å². The molecule has 0 bridgehead atoms. The van der Waals surface area contributed by atoms with Crippen molar-refractivity contribution in [3.8, 4) is 0 Å². The molecule has 1 amide bonds. The second-order valence-electron chi connectivity index (χ2n) is 6.56. The van der Waals surface area contributed by atoms with Gasteiger partial charge in [0.15, 0.2) is 0 Å². The number of morpholine rings is 1. The van der Waals surface area contributed by atoms with E-state index in [4.69, 9.17) is 4.74 Å². The number of rotatable bonds is 4. The maximum Gasteiger partial charge on any atom is 0.269 e. The van der Waals surface area contributed by atoms with E-state index in [9.17, 15) is 14.9 Å². The lowest BCUT2D eigenvalue weighted by atomic mass is 10.2. The van der Waals surface area contributed by atoms with E-state index in [0.29, 0.717) is 26.2 Å². The number of carbonyl (C=O) groups is 1. The number of nitrogens with zero attached hydrogens (tertiary/aromatic N) is 4. The normalized spacial score (nSPS) is 22.0. The van der Waals surface area contributed by atoms with Gasteiger partial charge >= 0.3 is 0 Å². The summed E-state index contributed by atoms with van der Waals surface area (Å²) >= 11 is 0. The number of hydrogen-bond donors (Lipinski definition) is 0. The zero-order valence-corrected chi connectivity index (χ0v) is 14.5. The Morgan fingerprint density at radius 1 is 1.20 bits per heavy atom. The highest BCUT2D eigenvalue weighted by Gasteiger charge is 2.25. The lowest BCUT2D eigenvalue weighted by molar-refractivity contribution is -0.384. The largest absolute Gasteiger partial charge is 0.375 e. The monoisotopic (exact) mass is 348 g/mol. The molecule has 0 N–H and O–H groups in total. The van der Waals surface area contributed by atoms with Crippen LogP contribution < -0.4 is 4.90 Å². The van der Waals surface area contributed by atoms with Crippen LogP contribution in [0.3, 0.4) is 0 Å². The number of hydrogen-bond acceptors (Lipinski definition) is 6. The molecule has 2 saturated heterocycles. The van der Waals surface area contributed by atoms with Crippen molar-refractivity contribution in [1.82, 2.24) is 9.80 Å². The van der Waals surface area contributed by atoms with Crippen molar-refractivity contribution < 1.29 is 14.5 Å². The number of anilines is 1. The van der Waals surface area contributed by atoms with Crippen LogP contribution in [0.5, 0.6) is 0 Å². The average Bonchev–Trinajstić information content (AvgIpc) is 2.62. The van der Waals surface area contributed by atoms with Gasteiger partial charge in [0.25, 0.3) is 5.69 Å². The Kier molecular flexibility index (Phi) is 5.50. The molecule has 8 nitrogen and oxygen atoms in total. The molecule has 136 valence electrons. The third kappa shape index (κ3) is 4.46. The molecular formula is C17H24N4O4. The molecule has 0 spiro atoms. The third-order valence-electron chi connectivity index (χ3n) is 4.75. The van der Waals surface area contributed by atoms with Crippen molar-refractivity contribution in [2.75, 3.05) is 57.3 Å². The van der Waals surface area contributed by atoms with Gasteiger partial charge in [0.05, 0.1) is 24.2 Å². The Bertz CT molecular complexity index is 614. The van der Waals surface area contributed by atoms with Crippen LogP contribution in [0.2, 0.25) is 0 Å². The number of ether oxygens (including phenoxy) is 1. The molecule has 1 unspecified atom stereocenters. The summed E-state index contributed by atoms with van der Waals surface area (Å²) in [5.41, 5.74) is 1.09. The fourth-order valence-corrected chi connectivity index (χ4v) is 3.29. The number of benzene rings is 1. The molecule has 2 aliphatic rings. The summed E-state index contributed by atoms with van der Waals surface area (Å²) in [6.45, 7) is 7.62. The minimum Gasteiger partial charge on any atom is -0.375 e. The van der Waals surface area contributed by atoms with Gasteiger partial charge in [0.2, 0.25) is 5.91 Å². The average molecular weight is 348 g/mol. The van der Waals surface area contributed by atoms with E-state index in [1.54, 1.807) is 12.1 Å². The van der Waals surface area contributed by atoms with Crippen LogP contribution in [-0.2, 0) is 9.53 Å². The molecule has 1 aromatic carbocycles. The Morgan fingerprint density at radius 3 is 2.48 bits per heavy atom. The van der Waals surface area contributed by atoms with Crippen molar-refractivity contribution in [3.63, 3.8) is 0 Å². The van der Waals surface area contributed by atoms with Crippen LogP contribution in [0.15, 0.2) is 24.3 Å². The highest BCUT2D eigenvalue weighted by Crippen LogP contribution is 2.20. The van der Waals surface area contributed by atoms with Crippen molar-refractivity contribution in [2.45, 2.75) is 13.0 Å². The van der Waals surface area contributed by atoms with E-state index in [-0.39, 0.29) is 22.6 Å². The fraction of sp³-hybridized carbons (Fsp3) is 0.588. The van der Waals surface area contributed by atoms with Gasteiger partial charge in [0.1, 0.15) is 0 Å². The molecule has 8 heteroatoms. The van der Waals surface area contributed by atoms with E-state index in [0.717, 1.165) is 31.9 Å². The van der Waals surface area contributed by atoms with E-state index >= 15 is 0 Å². The smallest absolute Gasteiger partial charge is 0.269 e. The van der Waals surface area contributed by atoms with E-state index in [1.807, 2.05) is 11.8 Å². The molecule has 1 atom stereocenters. The topological polar surface area (TPSA) is 79.2 Å². The summed E-state index contributed by atoms with van der Waals surface area (Å²) in [5, 5.41) is 10.7. The van der Waals surface area contributed by atoms with Crippen LogP contribution in [0.1, 0.15) is 6.92 Å². The van der Waals surface area contributed by atoms with Crippen LogP contribution >= 0.6 is 0 Å². The van der Waals surface area contributed by atoms with Gasteiger partial charge in [-0.3, -0.25) is 19.8 Å². The molecule has 0 aromatic heterocycles. The highest BCUT2D eigenvalue weighted by molar-refractivity contribution is 5.78. The number of nitro benzene ring substituents is 1. The lowest BCUT2D eigenvalue weighted by Crippen LogP contribution is -2.52. The lowest BCUT2D eigenvalue weighted by Gasteiger charge is -2.37. The predicted molar refractivity (Wildman–Crippen MR) is 93.7 cm³/mol. The van der Waals surface area contributed by atoms with Crippen LogP contribution in [0.25, 0.3) is 0 Å². The maximum atomic E-state index is 12.4. The maximum absolute atomic E-state index is 12.4. The number of carbonyl (C=O) groups excluding carboxylic acids is 1. The van der Waals surface area contributed by atoms with Gasteiger partial charge in [-0.15, -0.1) is 0 Å². The number of piperazine rings is 1. The zero-order chi connectivity index (χ0) is 17.8. The minimum atomic E-state index is -0.389. The summed E-state index contributed by atoms with van der Waals surface area (Å²) in [6.07, 6.45) is 0.108. The molecule has 3 rings (SSSR count). The van der Waals surface area contributed by atoms with E-state index < -0.39 is 0 Å². The van der Waals surface area contributed by atoms with Gasteiger partial charge in [-0.1, -0.05) is 0 Å². The summed E-state index contributed by atoms with van der Waals surface area (Å²) in [6, 6.07) is 6.64. The van der Waals surface area contributed by atoms with Crippen molar-refractivity contribution >= 4 is 17.3 Å². The minimum absolute atomic E-state index is 0.104. The number of amides is 1. The summed E-state index contributed by atoms with van der Waals surface area (Å²) in [7, 11) is 0. The molecular weight excluding hydrogens is 324 g/mol. The molecule has 0 saturated carbocycles. The molecule has 2 aliphatic heterocycles. The first-order chi connectivity index (χ1) is 12.0. The summed E-state index contributed by atoms with van der Waals surface area (Å²) in [5.74, 6) is 0.166. The first-order valence-corrected chi connectivity index (χ1v) is 8.64. The Balaban J connectivity index is 1.48. The van der Waals surface area contributed by atoms with Crippen molar-refractivity contribution in [3.05, 3.63) is 34.4 Å². The fourth-order valence-electron chi connectivity index (χ4n) is 3.29. The molecule has 2 heterocycles. The predicted octanol–water partition coefficient (Wildman–Crippen LogP) is 0.964. The first kappa shape index (κ1) is 17.6. The molecule has 2 fully saturated rings.